The third-order valence-corrected chi connectivity index (χ3v) is 4.22. The normalized spacial score (nSPS) is 11.4. The minimum Gasteiger partial charge on any atom is -0.340 e. The van der Waals surface area contributed by atoms with Gasteiger partial charge in [0.05, 0.1) is 16.8 Å². The minimum absolute atomic E-state index is 0.359. The van der Waals surface area contributed by atoms with Crippen molar-refractivity contribution in [2.24, 2.45) is 0 Å². The van der Waals surface area contributed by atoms with Gasteiger partial charge in [-0.15, -0.1) is 0 Å². The van der Waals surface area contributed by atoms with Crippen molar-refractivity contribution in [3.05, 3.63) is 78.1 Å². The van der Waals surface area contributed by atoms with Crippen molar-refractivity contribution in [1.82, 2.24) is 15.0 Å². The van der Waals surface area contributed by atoms with Crippen molar-refractivity contribution in [1.29, 1.82) is 0 Å². The monoisotopic (exact) mass is 395 g/mol. The Balaban J connectivity index is 1.59. The molecule has 0 aliphatic carbocycles. The van der Waals surface area contributed by atoms with Crippen LogP contribution in [0.3, 0.4) is 0 Å². The van der Waals surface area contributed by atoms with Gasteiger partial charge in [0.15, 0.2) is 0 Å². The molecule has 0 radical (unpaired) electrons. The van der Waals surface area contributed by atoms with Gasteiger partial charge in [-0.3, -0.25) is 4.98 Å². The SMILES string of the molecule is Cc1cc(Nc2ccc(C(F)(F)F)cc2)nc(Nc2cccc3cccnc23)n1. The van der Waals surface area contributed by atoms with Gasteiger partial charge in [0, 0.05) is 29.0 Å². The third kappa shape index (κ3) is 4.26. The Morgan fingerprint density at radius 1 is 0.862 bits per heavy atom. The molecule has 4 aromatic rings. The van der Waals surface area contributed by atoms with Crippen LogP contribution < -0.4 is 10.6 Å². The smallest absolute Gasteiger partial charge is 0.340 e. The number of aryl methyl sites for hydroxylation is 1. The zero-order valence-corrected chi connectivity index (χ0v) is 15.3. The van der Waals surface area contributed by atoms with E-state index in [9.17, 15) is 13.2 Å². The Morgan fingerprint density at radius 3 is 2.38 bits per heavy atom. The van der Waals surface area contributed by atoms with Gasteiger partial charge < -0.3 is 10.6 Å². The Labute approximate surface area is 164 Å². The van der Waals surface area contributed by atoms with Crippen molar-refractivity contribution in [3.63, 3.8) is 0 Å². The molecule has 0 saturated carbocycles. The maximum atomic E-state index is 12.7. The number of rotatable bonds is 4. The number of hydrogen-bond acceptors (Lipinski definition) is 5. The molecule has 0 atom stereocenters. The van der Waals surface area contributed by atoms with E-state index in [0.29, 0.717) is 23.1 Å². The zero-order chi connectivity index (χ0) is 20.4. The molecule has 146 valence electrons. The van der Waals surface area contributed by atoms with Crippen LogP contribution in [0.5, 0.6) is 0 Å². The average Bonchev–Trinajstić information content (AvgIpc) is 2.68. The number of hydrogen-bond donors (Lipinski definition) is 2. The highest BCUT2D eigenvalue weighted by Crippen LogP contribution is 2.30. The Hall–Kier alpha value is -3.68. The molecule has 0 bridgehead atoms. The molecule has 8 heteroatoms. The third-order valence-electron chi connectivity index (χ3n) is 4.22. The van der Waals surface area contributed by atoms with Crippen LogP contribution in [-0.4, -0.2) is 15.0 Å². The Kier molecular flexibility index (Phi) is 4.75. The number of fused-ring (bicyclic) bond motifs is 1. The second-order valence-electron chi connectivity index (χ2n) is 6.42. The van der Waals surface area contributed by atoms with E-state index in [4.69, 9.17) is 0 Å². The van der Waals surface area contributed by atoms with E-state index < -0.39 is 11.7 Å². The van der Waals surface area contributed by atoms with E-state index in [2.05, 4.69) is 25.6 Å². The first-order chi connectivity index (χ1) is 13.9. The van der Waals surface area contributed by atoms with Gasteiger partial charge in [0.2, 0.25) is 5.95 Å². The highest BCUT2D eigenvalue weighted by molar-refractivity contribution is 5.91. The van der Waals surface area contributed by atoms with Crippen molar-refractivity contribution in [2.75, 3.05) is 10.6 Å². The van der Waals surface area contributed by atoms with Gasteiger partial charge in [-0.05, 0) is 43.3 Å². The molecule has 0 unspecified atom stereocenters. The average molecular weight is 395 g/mol. The van der Waals surface area contributed by atoms with E-state index in [1.165, 1.54) is 12.1 Å². The fraction of sp³-hybridized carbons (Fsp3) is 0.0952. The lowest BCUT2D eigenvalue weighted by molar-refractivity contribution is -0.137. The van der Waals surface area contributed by atoms with Crippen LogP contribution in [0.2, 0.25) is 0 Å². The molecule has 4 rings (SSSR count). The van der Waals surface area contributed by atoms with Crippen molar-refractivity contribution in [3.8, 4) is 0 Å². The maximum Gasteiger partial charge on any atom is 0.416 e. The highest BCUT2D eigenvalue weighted by atomic mass is 19.4. The summed E-state index contributed by atoms with van der Waals surface area (Å²) >= 11 is 0. The largest absolute Gasteiger partial charge is 0.416 e. The maximum absolute atomic E-state index is 12.7. The summed E-state index contributed by atoms with van der Waals surface area (Å²) in [5.41, 5.74) is 2.04. The lowest BCUT2D eigenvalue weighted by Crippen LogP contribution is -2.05. The lowest BCUT2D eigenvalue weighted by Gasteiger charge is -2.12. The molecular formula is C21H16F3N5. The molecule has 2 aromatic carbocycles. The molecule has 29 heavy (non-hydrogen) atoms. The van der Waals surface area contributed by atoms with Gasteiger partial charge in [-0.2, -0.15) is 18.2 Å². The topological polar surface area (TPSA) is 62.7 Å². The van der Waals surface area contributed by atoms with E-state index in [-0.39, 0.29) is 0 Å². The van der Waals surface area contributed by atoms with Crippen molar-refractivity contribution >= 4 is 34.0 Å². The fourth-order valence-electron chi connectivity index (χ4n) is 2.90. The second kappa shape index (κ2) is 7.38. The van der Waals surface area contributed by atoms with Gasteiger partial charge in [0.1, 0.15) is 5.82 Å². The minimum atomic E-state index is -4.37. The predicted octanol–water partition coefficient (Wildman–Crippen LogP) is 5.84. The van der Waals surface area contributed by atoms with E-state index in [0.717, 1.165) is 28.7 Å². The number of halogens is 3. The van der Waals surface area contributed by atoms with Gasteiger partial charge in [0.25, 0.3) is 0 Å². The molecule has 5 nitrogen and oxygen atoms in total. The van der Waals surface area contributed by atoms with E-state index in [1.54, 1.807) is 12.3 Å². The molecule has 0 amide bonds. The first-order valence-corrected chi connectivity index (χ1v) is 8.79. The van der Waals surface area contributed by atoms with Crippen LogP contribution in [0.25, 0.3) is 10.9 Å². The summed E-state index contributed by atoms with van der Waals surface area (Å²) in [6.45, 7) is 1.81. The Bertz CT molecular complexity index is 1150. The molecule has 0 saturated heterocycles. The summed E-state index contributed by atoms with van der Waals surface area (Å²) in [6.07, 6.45) is -2.66. The molecular weight excluding hydrogens is 379 g/mol. The Morgan fingerprint density at radius 2 is 1.62 bits per heavy atom. The lowest BCUT2D eigenvalue weighted by atomic mass is 10.2. The molecule has 0 aliphatic rings. The van der Waals surface area contributed by atoms with E-state index >= 15 is 0 Å². The van der Waals surface area contributed by atoms with Crippen LogP contribution in [-0.2, 0) is 6.18 Å². The fourth-order valence-corrected chi connectivity index (χ4v) is 2.90. The number of nitrogens with zero attached hydrogens (tertiary/aromatic N) is 3. The van der Waals surface area contributed by atoms with Gasteiger partial charge in [-0.1, -0.05) is 18.2 Å². The van der Waals surface area contributed by atoms with Crippen LogP contribution in [0.1, 0.15) is 11.3 Å². The summed E-state index contributed by atoms with van der Waals surface area (Å²) in [6, 6.07) is 16.1. The summed E-state index contributed by atoms with van der Waals surface area (Å²) in [7, 11) is 0. The van der Waals surface area contributed by atoms with Gasteiger partial charge >= 0.3 is 6.18 Å². The molecule has 2 N–H and O–H groups in total. The summed E-state index contributed by atoms with van der Waals surface area (Å²) < 4.78 is 38.1. The van der Waals surface area contributed by atoms with Crippen LogP contribution in [0, 0.1) is 6.92 Å². The van der Waals surface area contributed by atoms with Crippen LogP contribution in [0.15, 0.2) is 66.9 Å². The molecule has 0 spiro atoms. The summed E-state index contributed by atoms with van der Waals surface area (Å²) in [5, 5.41) is 7.16. The molecule has 0 fully saturated rings. The first kappa shape index (κ1) is 18.7. The number of nitrogens with one attached hydrogen (secondary N) is 2. The highest BCUT2D eigenvalue weighted by Gasteiger charge is 2.29. The predicted molar refractivity (Wildman–Crippen MR) is 107 cm³/mol. The molecule has 2 heterocycles. The number of alkyl halides is 3. The quantitative estimate of drug-likeness (QED) is 0.455. The zero-order valence-electron chi connectivity index (χ0n) is 15.3. The van der Waals surface area contributed by atoms with Gasteiger partial charge in [-0.25, -0.2) is 4.98 Å². The van der Waals surface area contributed by atoms with Crippen molar-refractivity contribution in [2.45, 2.75) is 13.1 Å². The van der Waals surface area contributed by atoms with Crippen molar-refractivity contribution < 1.29 is 13.2 Å². The molecule has 0 aliphatic heterocycles. The summed E-state index contributed by atoms with van der Waals surface area (Å²) in [5.74, 6) is 0.825. The number of anilines is 4. The summed E-state index contributed by atoms with van der Waals surface area (Å²) in [4.78, 5) is 13.2. The standard InChI is InChI=1S/C21H16F3N5/c1-13-12-18(27-16-9-7-15(8-10-16)21(22,23)24)29-20(26-13)28-17-6-2-4-14-5-3-11-25-19(14)17/h2-12H,1H3,(H2,26,27,28,29). The first-order valence-electron chi connectivity index (χ1n) is 8.79. The molecule has 2 aromatic heterocycles. The number of aromatic nitrogens is 3. The van der Waals surface area contributed by atoms with Crippen LogP contribution in [0.4, 0.5) is 36.3 Å². The van der Waals surface area contributed by atoms with E-state index in [1.807, 2.05) is 37.3 Å². The number of para-hydroxylation sites is 1. The van der Waals surface area contributed by atoms with Crippen LogP contribution >= 0.6 is 0 Å². The number of benzene rings is 2. The second-order valence-corrected chi connectivity index (χ2v) is 6.42. The number of pyridine rings is 1.